The van der Waals surface area contributed by atoms with E-state index >= 15 is 0 Å². The second-order valence-electron chi connectivity index (χ2n) is 6.68. The third kappa shape index (κ3) is 4.70. The first-order valence-corrected chi connectivity index (χ1v) is 10.7. The smallest absolute Gasteiger partial charge is 0.330 e. The van der Waals surface area contributed by atoms with Gasteiger partial charge < -0.3 is 4.74 Å². The number of aromatic nitrogens is 2. The fourth-order valence-corrected chi connectivity index (χ4v) is 4.06. The summed E-state index contributed by atoms with van der Waals surface area (Å²) in [7, 11) is 0. The van der Waals surface area contributed by atoms with Gasteiger partial charge >= 0.3 is 5.97 Å². The number of carbonyl (C=O) groups is 1. The molecule has 6 heteroatoms. The molecule has 3 aromatic heterocycles. The van der Waals surface area contributed by atoms with E-state index < -0.39 is 0 Å². The third-order valence-electron chi connectivity index (χ3n) is 4.64. The Labute approximate surface area is 183 Å². The van der Waals surface area contributed by atoms with Crippen LogP contribution in [-0.4, -0.2) is 22.1 Å². The molecule has 0 radical (unpaired) electrons. The lowest BCUT2D eigenvalue weighted by Gasteiger charge is -2.12. The number of benzene rings is 1. The van der Waals surface area contributed by atoms with Crippen molar-refractivity contribution in [2.24, 2.45) is 0 Å². The van der Waals surface area contributed by atoms with Crippen molar-refractivity contribution in [2.75, 3.05) is 6.61 Å². The van der Waals surface area contributed by atoms with Gasteiger partial charge in [-0.3, -0.25) is 14.3 Å². The van der Waals surface area contributed by atoms with Gasteiger partial charge in [0, 0.05) is 40.7 Å². The summed E-state index contributed by atoms with van der Waals surface area (Å²) in [6, 6.07) is 18.8. The number of hydrogen-bond donors (Lipinski definition) is 0. The van der Waals surface area contributed by atoms with Crippen molar-refractivity contribution in [2.45, 2.75) is 6.92 Å². The number of pyridine rings is 2. The maximum Gasteiger partial charge on any atom is 0.330 e. The Bertz CT molecular complexity index is 1290. The van der Waals surface area contributed by atoms with Gasteiger partial charge in [0.2, 0.25) is 0 Å². The normalized spacial score (nSPS) is 11.0. The molecule has 0 fully saturated rings. The van der Waals surface area contributed by atoms with E-state index in [1.54, 1.807) is 36.0 Å². The molecule has 0 aliphatic carbocycles. The fourth-order valence-electron chi connectivity index (χ4n) is 3.25. The van der Waals surface area contributed by atoms with Crippen LogP contribution in [-0.2, 0) is 9.53 Å². The zero-order chi connectivity index (χ0) is 21.6. The second-order valence-corrected chi connectivity index (χ2v) is 7.62. The minimum Gasteiger partial charge on any atom is -0.463 e. The molecule has 4 aromatic rings. The molecule has 0 aliphatic heterocycles. The maximum absolute atomic E-state index is 12.5. The van der Waals surface area contributed by atoms with Gasteiger partial charge in [-0.15, -0.1) is 11.3 Å². The van der Waals surface area contributed by atoms with E-state index in [-0.39, 0.29) is 11.5 Å². The van der Waals surface area contributed by atoms with Crippen molar-refractivity contribution in [3.8, 4) is 28.1 Å². The van der Waals surface area contributed by atoms with Crippen LogP contribution in [0.15, 0.2) is 89.3 Å². The number of carbonyl (C=O) groups excluding carboxylic acids is 1. The fraction of sp³-hybridized carbons (Fsp3) is 0.0800. The van der Waals surface area contributed by atoms with E-state index in [9.17, 15) is 9.59 Å². The SMILES string of the molecule is CCOC(=O)/C=C/c1sccc1-c1cc(-c2ccccn2)cc(-n2ccccc2=O)c1. The third-order valence-corrected chi connectivity index (χ3v) is 5.52. The molecule has 0 saturated carbocycles. The van der Waals surface area contributed by atoms with Crippen molar-refractivity contribution >= 4 is 23.4 Å². The van der Waals surface area contributed by atoms with Crippen LogP contribution in [0.5, 0.6) is 0 Å². The summed E-state index contributed by atoms with van der Waals surface area (Å²) in [5.74, 6) is -0.374. The lowest BCUT2D eigenvalue weighted by atomic mass is 10.00. The zero-order valence-electron chi connectivity index (χ0n) is 16.9. The van der Waals surface area contributed by atoms with Gasteiger partial charge in [0.15, 0.2) is 0 Å². The molecule has 154 valence electrons. The van der Waals surface area contributed by atoms with E-state index in [0.717, 1.165) is 32.9 Å². The number of nitrogens with zero attached hydrogens (tertiary/aromatic N) is 2. The van der Waals surface area contributed by atoms with Crippen LogP contribution in [0.1, 0.15) is 11.8 Å². The molecule has 4 rings (SSSR count). The summed E-state index contributed by atoms with van der Waals surface area (Å²) in [5, 5.41) is 1.97. The molecule has 3 heterocycles. The minimum atomic E-state index is -0.374. The highest BCUT2D eigenvalue weighted by atomic mass is 32.1. The molecule has 0 amide bonds. The highest BCUT2D eigenvalue weighted by Crippen LogP contribution is 2.34. The standard InChI is InChI=1S/C25H20N2O3S/c1-2-30-25(29)10-9-23-21(11-14-31-23)18-15-19(22-7-3-5-12-26-22)17-20(16-18)27-13-6-4-8-24(27)28/h3-17H,2H2,1H3/b10-9+. The predicted octanol–water partition coefficient (Wildman–Crippen LogP) is 5.20. The van der Waals surface area contributed by atoms with Gasteiger partial charge in [0.1, 0.15) is 0 Å². The Hall–Kier alpha value is -3.77. The molecule has 0 unspecified atom stereocenters. The maximum atomic E-state index is 12.5. The van der Waals surface area contributed by atoms with Gasteiger partial charge in [-0.05, 0) is 72.0 Å². The summed E-state index contributed by atoms with van der Waals surface area (Å²) in [4.78, 5) is 29.6. The van der Waals surface area contributed by atoms with Crippen LogP contribution in [0.3, 0.4) is 0 Å². The van der Waals surface area contributed by atoms with Crippen molar-refractivity contribution in [1.29, 1.82) is 0 Å². The lowest BCUT2D eigenvalue weighted by Crippen LogP contribution is -2.15. The second kappa shape index (κ2) is 9.36. The number of rotatable bonds is 6. The van der Waals surface area contributed by atoms with Gasteiger partial charge in [0.05, 0.1) is 12.3 Å². The summed E-state index contributed by atoms with van der Waals surface area (Å²) in [5.41, 5.74) is 4.24. The Kier molecular flexibility index (Phi) is 6.19. The molecular formula is C25H20N2O3S. The molecule has 0 aliphatic rings. The van der Waals surface area contributed by atoms with E-state index in [1.807, 2.05) is 53.9 Å². The molecule has 1 aromatic carbocycles. The molecule has 0 saturated heterocycles. The molecular weight excluding hydrogens is 408 g/mol. The van der Waals surface area contributed by atoms with Gasteiger partial charge in [0.25, 0.3) is 5.56 Å². The molecule has 0 bridgehead atoms. The lowest BCUT2D eigenvalue weighted by molar-refractivity contribution is -0.137. The first kappa shape index (κ1) is 20.5. The Morgan fingerprint density at radius 3 is 2.71 bits per heavy atom. The number of hydrogen-bond acceptors (Lipinski definition) is 5. The number of ether oxygens (including phenoxy) is 1. The molecule has 0 N–H and O–H groups in total. The van der Waals surface area contributed by atoms with Crippen molar-refractivity contribution in [3.05, 3.63) is 99.7 Å². The number of thiophene rings is 1. The quantitative estimate of drug-likeness (QED) is 0.313. The zero-order valence-corrected chi connectivity index (χ0v) is 17.7. The van der Waals surface area contributed by atoms with Crippen molar-refractivity contribution in [3.63, 3.8) is 0 Å². The average Bonchev–Trinajstić information content (AvgIpc) is 3.27. The molecule has 31 heavy (non-hydrogen) atoms. The highest BCUT2D eigenvalue weighted by Gasteiger charge is 2.11. The first-order valence-electron chi connectivity index (χ1n) is 9.83. The molecule has 0 atom stereocenters. The van der Waals surface area contributed by atoms with E-state index in [2.05, 4.69) is 4.98 Å². The van der Waals surface area contributed by atoms with Crippen LogP contribution < -0.4 is 5.56 Å². The minimum absolute atomic E-state index is 0.112. The molecule has 0 spiro atoms. The Morgan fingerprint density at radius 2 is 1.94 bits per heavy atom. The largest absolute Gasteiger partial charge is 0.463 e. The topological polar surface area (TPSA) is 61.2 Å². The summed E-state index contributed by atoms with van der Waals surface area (Å²) < 4.78 is 6.59. The van der Waals surface area contributed by atoms with Crippen LogP contribution in [0.25, 0.3) is 34.1 Å². The summed E-state index contributed by atoms with van der Waals surface area (Å²) in [6.45, 7) is 2.11. The predicted molar refractivity (Wildman–Crippen MR) is 124 cm³/mol. The monoisotopic (exact) mass is 428 g/mol. The average molecular weight is 429 g/mol. The Morgan fingerprint density at radius 1 is 1.10 bits per heavy atom. The number of esters is 1. The first-order chi connectivity index (χ1) is 15.2. The van der Waals surface area contributed by atoms with E-state index in [4.69, 9.17) is 4.74 Å². The summed E-state index contributed by atoms with van der Waals surface area (Å²) >= 11 is 1.53. The Balaban J connectivity index is 1.85. The summed E-state index contributed by atoms with van der Waals surface area (Å²) in [6.07, 6.45) is 6.69. The van der Waals surface area contributed by atoms with E-state index in [1.165, 1.54) is 23.5 Å². The van der Waals surface area contributed by atoms with Gasteiger partial charge in [-0.2, -0.15) is 0 Å². The van der Waals surface area contributed by atoms with Crippen LogP contribution >= 0.6 is 11.3 Å². The van der Waals surface area contributed by atoms with Crippen LogP contribution in [0.2, 0.25) is 0 Å². The van der Waals surface area contributed by atoms with Gasteiger partial charge in [-0.1, -0.05) is 12.1 Å². The van der Waals surface area contributed by atoms with Crippen molar-refractivity contribution < 1.29 is 9.53 Å². The van der Waals surface area contributed by atoms with Crippen molar-refractivity contribution in [1.82, 2.24) is 9.55 Å². The molecule has 5 nitrogen and oxygen atoms in total. The van der Waals surface area contributed by atoms with Gasteiger partial charge in [-0.25, -0.2) is 4.79 Å². The van der Waals surface area contributed by atoms with E-state index in [0.29, 0.717) is 6.61 Å². The van der Waals surface area contributed by atoms with Crippen LogP contribution in [0.4, 0.5) is 0 Å². The highest BCUT2D eigenvalue weighted by molar-refractivity contribution is 7.11. The van der Waals surface area contributed by atoms with Crippen LogP contribution in [0, 0.1) is 0 Å².